The lowest BCUT2D eigenvalue weighted by Crippen LogP contribution is -2.42. The third-order valence-corrected chi connectivity index (χ3v) is 6.22. The van der Waals surface area contributed by atoms with Crippen LogP contribution in [0.4, 0.5) is 0 Å². The molecule has 0 saturated heterocycles. The zero-order valence-corrected chi connectivity index (χ0v) is 18.0. The minimum atomic E-state index is -1.10. The number of carbonyl (C=O) groups excluding carboxylic acids is 1. The summed E-state index contributed by atoms with van der Waals surface area (Å²) < 4.78 is 13.6. The average Bonchev–Trinajstić information content (AvgIpc) is 2.62. The molecule has 0 aliphatic rings. The fourth-order valence-corrected chi connectivity index (χ4v) is 4.19. The molecule has 1 unspecified atom stereocenters. The molecule has 0 aliphatic carbocycles. The summed E-state index contributed by atoms with van der Waals surface area (Å²) in [4.78, 5) is 15.5. The molecule has 2 aromatic rings. The van der Waals surface area contributed by atoms with Crippen LogP contribution in [0.25, 0.3) is 0 Å². The Balaban J connectivity index is 2.05. The van der Waals surface area contributed by atoms with E-state index < -0.39 is 16.2 Å². The summed E-state index contributed by atoms with van der Waals surface area (Å²) in [5.74, 6) is 0.538. The summed E-state index contributed by atoms with van der Waals surface area (Å²) in [5.41, 5.74) is 0.714. The summed E-state index contributed by atoms with van der Waals surface area (Å²) >= 11 is 3.56. The van der Waals surface area contributed by atoms with E-state index in [2.05, 4.69) is 22.0 Å². The van der Waals surface area contributed by atoms with Crippen LogP contribution in [0.2, 0.25) is 0 Å². The zero-order valence-electron chi connectivity index (χ0n) is 15.6. The van der Waals surface area contributed by atoms with Crippen LogP contribution >= 0.6 is 15.9 Å². The first-order chi connectivity index (χ1) is 12.3. The van der Waals surface area contributed by atoms with Crippen LogP contribution in [-0.4, -0.2) is 33.9 Å². The fraction of sp³-hybridized carbons (Fsp3) is 0.381. The first kappa shape index (κ1) is 20.8. The van der Waals surface area contributed by atoms with E-state index in [4.69, 9.17) is 0 Å². The second kappa shape index (κ2) is 9.47. The molecule has 140 valence electrons. The minimum Gasteiger partial charge on any atom is -0.341 e. The number of halogens is 1. The predicted molar refractivity (Wildman–Crippen MR) is 112 cm³/mol. The van der Waals surface area contributed by atoms with Crippen molar-refractivity contribution in [2.45, 2.75) is 32.1 Å². The van der Waals surface area contributed by atoms with Crippen LogP contribution in [0.15, 0.2) is 64.0 Å². The van der Waals surface area contributed by atoms with Gasteiger partial charge in [-0.25, -0.2) is 0 Å². The molecule has 0 fully saturated rings. The van der Waals surface area contributed by atoms with Gasteiger partial charge in [0.1, 0.15) is 0 Å². The van der Waals surface area contributed by atoms with Crippen LogP contribution in [-0.2, 0) is 22.0 Å². The van der Waals surface area contributed by atoms with Gasteiger partial charge < -0.3 is 4.90 Å². The summed E-state index contributed by atoms with van der Waals surface area (Å²) in [7, 11) is -1.10. The largest absolute Gasteiger partial charge is 0.341 e. The highest BCUT2D eigenvalue weighted by molar-refractivity contribution is 9.10. The lowest BCUT2D eigenvalue weighted by Gasteiger charge is -2.29. The molecule has 2 rings (SSSR count). The van der Waals surface area contributed by atoms with Crippen LogP contribution in [0.5, 0.6) is 0 Å². The highest BCUT2D eigenvalue weighted by Gasteiger charge is 2.27. The lowest BCUT2D eigenvalue weighted by atomic mass is 9.94. The molecule has 0 spiro atoms. The molecule has 1 amide bonds. The van der Waals surface area contributed by atoms with Crippen molar-refractivity contribution < 1.29 is 9.00 Å². The van der Waals surface area contributed by atoms with Gasteiger partial charge in [0.2, 0.25) is 5.91 Å². The van der Waals surface area contributed by atoms with Gasteiger partial charge in [-0.1, -0.05) is 73.1 Å². The molecule has 1 atom stereocenters. The van der Waals surface area contributed by atoms with Crippen molar-refractivity contribution in [1.82, 2.24) is 4.90 Å². The molecule has 0 aromatic heterocycles. The average molecular weight is 436 g/mol. The van der Waals surface area contributed by atoms with Gasteiger partial charge >= 0.3 is 0 Å². The van der Waals surface area contributed by atoms with Gasteiger partial charge in [-0.2, -0.15) is 0 Å². The SMILES string of the molecule is CC(C)(C)C(=O)N(CCc1ccccc1Br)CCS(=O)c1ccccc1. The fourth-order valence-electron chi connectivity index (χ4n) is 2.63. The molecule has 3 nitrogen and oxygen atoms in total. The molecule has 5 heteroatoms. The van der Waals surface area contributed by atoms with Crippen molar-refractivity contribution in [1.29, 1.82) is 0 Å². The molecule has 0 bridgehead atoms. The van der Waals surface area contributed by atoms with Gasteiger partial charge in [-0.05, 0) is 30.2 Å². The van der Waals surface area contributed by atoms with Crippen LogP contribution in [0, 0.1) is 5.41 Å². The lowest BCUT2D eigenvalue weighted by molar-refractivity contribution is -0.139. The van der Waals surface area contributed by atoms with Crippen molar-refractivity contribution in [3.05, 3.63) is 64.6 Å². The molecule has 0 heterocycles. The molecule has 0 aliphatic heterocycles. The normalized spacial score (nSPS) is 12.6. The first-order valence-electron chi connectivity index (χ1n) is 8.75. The number of rotatable bonds is 7. The summed E-state index contributed by atoms with van der Waals surface area (Å²) in [6.07, 6.45) is 0.765. The van der Waals surface area contributed by atoms with E-state index in [1.54, 1.807) is 0 Å². The number of nitrogens with zero attached hydrogens (tertiary/aromatic N) is 1. The topological polar surface area (TPSA) is 37.4 Å². The van der Waals surface area contributed by atoms with E-state index in [0.29, 0.717) is 18.8 Å². The van der Waals surface area contributed by atoms with Crippen molar-refractivity contribution in [3.63, 3.8) is 0 Å². The second-order valence-corrected chi connectivity index (χ2v) is 9.67. The smallest absolute Gasteiger partial charge is 0.227 e. The monoisotopic (exact) mass is 435 g/mol. The Kier molecular flexibility index (Phi) is 7.59. The highest BCUT2D eigenvalue weighted by Crippen LogP contribution is 2.20. The van der Waals surface area contributed by atoms with E-state index in [0.717, 1.165) is 15.8 Å². The third kappa shape index (κ3) is 6.06. The van der Waals surface area contributed by atoms with Gasteiger partial charge in [0.15, 0.2) is 0 Å². The Morgan fingerprint density at radius 2 is 1.62 bits per heavy atom. The number of hydrogen-bond donors (Lipinski definition) is 0. The van der Waals surface area contributed by atoms with Crippen molar-refractivity contribution in [3.8, 4) is 0 Å². The Morgan fingerprint density at radius 1 is 1.00 bits per heavy atom. The maximum atomic E-state index is 12.8. The molecular weight excluding hydrogens is 410 g/mol. The number of hydrogen-bond acceptors (Lipinski definition) is 2. The Hall–Kier alpha value is -1.46. The van der Waals surface area contributed by atoms with Crippen molar-refractivity contribution in [2.75, 3.05) is 18.8 Å². The predicted octanol–water partition coefficient (Wildman–Crippen LogP) is 4.67. The Bertz CT molecular complexity index is 756. The molecule has 2 aromatic carbocycles. The van der Waals surface area contributed by atoms with E-state index in [1.807, 2.05) is 74.2 Å². The minimum absolute atomic E-state index is 0.0922. The summed E-state index contributed by atoms with van der Waals surface area (Å²) in [5, 5.41) is 0. The maximum Gasteiger partial charge on any atom is 0.227 e. The molecule has 0 saturated carbocycles. The van der Waals surface area contributed by atoms with Crippen LogP contribution < -0.4 is 0 Å². The first-order valence-corrected chi connectivity index (χ1v) is 10.9. The quantitative estimate of drug-likeness (QED) is 0.633. The number of amides is 1. The summed E-state index contributed by atoms with van der Waals surface area (Å²) in [6.45, 7) is 6.88. The van der Waals surface area contributed by atoms with Crippen molar-refractivity contribution >= 4 is 32.6 Å². The van der Waals surface area contributed by atoms with Crippen LogP contribution in [0.3, 0.4) is 0 Å². The van der Waals surface area contributed by atoms with E-state index in [-0.39, 0.29) is 5.91 Å². The van der Waals surface area contributed by atoms with Gasteiger partial charge in [0, 0.05) is 33.6 Å². The maximum absolute atomic E-state index is 12.8. The molecular formula is C21H26BrNO2S. The zero-order chi connectivity index (χ0) is 19.2. The summed E-state index contributed by atoms with van der Waals surface area (Å²) in [6, 6.07) is 17.5. The molecule has 26 heavy (non-hydrogen) atoms. The van der Waals surface area contributed by atoms with E-state index >= 15 is 0 Å². The second-order valence-electron chi connectivity index (χ2n) is 7.25. The van der Waals surface area contributed by atoms with Gasteiger partial charge in [-0.15, -0.1) is 0 Å². The van der Waals surface area contributed by atoms with E-state index in [1.165, 1.54) is 5.56 Å². The van der Waals surface area contributed by atoms with Gasteiger partial charge in [-0.3, -0.25) is 9.00 Å². The Labute approximate surface area is 167 Å². The number of benzene rings is 2. The number of carbonyl (C=O) groups is 1. The van der Waals surface area contributed by atoms with Gasteiger partial charge in [0.05, 0.1) is 10.8 Å². The van der Waals surface area contributed by atoms with Gasteiger partial charge in [0.25, 0.3) is 0 Å². The van der Waals surface area contributed by atoms with Crippen molar-refractivity contribution in [2.24, 2.45) is 5.41 Å². The standard InChI is InChI=1S/C21H26BrNO2S/c1-21(2,3)20(24)23(14-13-17-9-7-8-12-19(17)22)15-16-26(25)18-10-5-4-6-11-18/h4-12H,13-16H2,1-3H3. The van der Waals surface area contributed by atoms with Crippen LogP contribution in [0.1, 0.15) is 26.3 Å². The molecule has 0 radical (unpaired) electrons. The highest BCUT2D eigenvalue weighted by atomic mass is 79.9. The third-order valence-electron chi connectivity index (χ3n) is 4.09. The molecule has 0 N–H and O–H groups in total. The van der Waals surface area contributed by atoms with E-state index in [9.17, 15) is 9.00 Å². The Morgan fingerprint density at radius 3 is 2.23 bits per heavy atom.